The van der Waals surface area contributed by atoms with E-state index in [1.54, 1.807) is 0 Å². The van der Waals surface area contributed by atoms with Gasteiger partial charge in [-0.15, -0.1) is 0 Å². The first kappa shape index (κ1) is 15.3. The van der Waals surface area contributed by atoms with Crippen LogP contribution in [0.15, 0.2) is 36.5 Å². The number of H-pyrrole nitrogens is 1. The molecule has 2 N–H and O–H groups in total. The molecule has 126 valence electrons. The van der Waals surface area contributed by atoms with E-state index in [1.165, 1.54) is 17.4 Å². The van der Waals surface area contributed by atoms with E-state index >= 15 is 0 Å². The Morgan fingerprint density at radius 1 is 1.29 bits per heavy atom. The predicted octanol–water partition coefficient (Wildman–Crippen LogP) is 3.72. The number of allylic oxidation sites excluding steroid dienone is 1. The van der Waals surface area contributed by atoms with E-state index < -0.39 is 0 Å². The minimum absolute atomic E-state index is 0.191. The summed E-state index contributed by atoms with van der Waals surface area (Å²) in [6, 6.07) is 6.22. The molecule has 24 heavy (non-hydrogen) atoms. The average Bonchev–Trinajstić information content (AvgIpc) is 3.38. The normalized spacial score (nSPS) is 20.2. The average molecular weight is 324 g/mol. The quantitative estimate of drug-likeness (QED) is 0.796. The number of ether oxygens (including phenoxy) is 1. The molecule has 0 saturated heterocycles. The second-order valence-corrected chi connectivity index (χ2v) is 6.85. The first-order valence-corrected chi connectivity index (χ1v) is 9.00. The van der Waals surface area contributed by atoms with Crippen LogP contribution in [-0.2, 0) is 11.2 Å². The predicted molar refractivity (Wildman–Crippen MR) is 95.1 cm³/mol. The lowest BCUT2D eigenvalue weighted by molar-refractivity contribution is -0.122. The molecule has 2 aliphatic carbocycles. The van der Waals surface area contributed by atoms with E-state index in [-0.39, 0.29) is 17.9 Å². The van der Waals surface area contributed by atoms with Gasteiger partial charge in [0.1, 0.15) is 11.9 Å². The van der Waals surface area contributed by atoms with Crippen molar-refractivity contribution in [2.75, 3.05) is 6.54 Å². The topological polar surface area (TPSA) is 54.1 Å². The van der Waals surface area contributed by atoms with Crippen LogP contribution in [0.3, 0.4) is 0 Å². The number of amides is 1. The summed E-state index contributed by atoms with van der Waals surface area (Å²) in [7, 11) is 0. The summed E-state index contributed by atoms with van der Waals surface area (Å²) in [5, 5.41) is 4.22. The Hall–Kier alpha value is -2.23. The Morgan fingerprint density at radius 3 is 3.00 bits per heavy atom. The fourth-order valence-corrected chi connectivity index (χ4v) is 3.30. The zero-order valence-electron chi connectivity index (χ0n) is 13.9. The van der Waals surface area contributed by atoms with Gasteiger partial charge in [0.2, 0.25) is 5.91 Å². The lowest BCUT2D eigenvalue weighted by Crippen LogP contribution is -2.26. The molecule has 0 radical (unpaired) electrons. The lowest BCUT2D eigenvalue weighted by Gasteiger charge is -2.18. The number of hydrogen-bond acceptors (Lipinski definition) is 2. The van der Waals surface area contributed by atoms with Gasteiger partial charge in [0.05, 0.1) is 0 Å². The second-order valence-electron chi connectivity index (χ2n) is 6.85. The maximum atomic E-state index is 11.7. The Bertz CT molecular complexity index is 758. The van der Waals surface area contributed by atoms with Gasteiger partial charge in [-0.05, 0) is 68.4 Å². The molecule has 0 bridgehead atoms. The highest BCUT2D eigenvalue weighted by atomic mass is 16.5. The minimum atomic E-state index is 0.191. The number of hydrogen-bond donors (Lipinski definition) is 2. The summed E-state index contributed by atoms with van der Waals surface area (Å²) in [6.07, 6.45) is 13.0. The molecule has 2 aromatic rings. The van der Waals surface area contributed by atoms with E-state index in [4.69, 9.17) is 4.74 Å². The van der Waals surface area contributed by atoms with Gasteiger partial charge >= 0.3 is 0 Å². The molecule has 0 spiro atoms. The lowest BCUT2D eigenvalue weighted by atomic mass is 10.1. The van der Waals surface area contributed by atoms with Crippen LogP contribution in [0.5, 0.6) is 5.75 Å². The monoisotopic (exact) mass is 324 g/mol. The number of carbonyl (C=O) groups excluding carboxylic acids is 1. The Balaban J connectivity index is 1.43. The van der Waals surface area contributed by atoms with Gasteiger partial charge in [-0.25, -0.2) is 0 Å². The molecule has 1 aromatic carbocycles. The van der Waals surface area contributed by atoms with E-state index in [2.05, 4.69) is 34.6 Å². The van der Waals surface area contributed by atoms with Crippen molar-refractivity contribution in [3.05, 3.63) is 42.1 Å². The van der Waals surface area contributed by atoms with E-state index in [0.717, 1.165) is 43.4 Å². The summed E-state index contributed by atoms with van der Waals surface area (Å²) < 4.78 is 6.10. The zero-order valence-corrected chi connectivity index (χ0v) is 13.9. The van der Waals surface area contributed by atoms with Gasteiger partial charge in [-0.3, -0.25) is 4.79 Å². The number of benzene rings is 1. The van der Waals surface area contributed by atoms with E-state index in [9.17, 15) is 4.79 Å². The number of fused-ring (bicyclic) bond motifs is 1. The third kappa shape index (κ3) is 3.48. The van der Waals surface area contributed by atoms with Crippen LogP contribution in [0, 0.1) is 5.92 Å². The van der Waals surface area contributed by atoms with Crippen LogP contribution in [0.4, 0.5) is 0 Å². The van der Waals surface area contributed by atoms with Gasteiger partial charge in [0.25, 0.3) is 0 Å². The number of aromatic nitrogens is 1. The second kappa shape index (κ2) is 6.71. The molecule has 1 saturated carbocycles. The molecule has 1 aromatic heterocycles. The van der Waals surface area contributed by atoms with Crippen molar-refractivity contribution in [3.63, 3.8) is 0 Å². The van der Waals surface area contributed by atoms with Gasteiger partial charge in [0.15, 0.2) is 0 Å². The molecule has 1 heterocycles. The van der Waals surface area contributed by atoms with Crippen LogP contribution in [0.1, 0.15) is 37.7 Å². The van der Waals surface area contributed by atoms with Crippen LogP contribution in [0.2, 0.25) is 0 Å². The van der Waals surface area contributed by atoms with Crippen LogP contribution in [-0.4, -0.2) is 23.5 Å². The van der Waals surface area contributed by atoms with Gasteiger partial charge < -0.3 is 15.0 Å². The molecular weight excluding hydrogens is 300 g/mol. The highest BCUT2D eigenvalue weighted by Crippen LogP contribution is 2.29. The molecule has 0 aliphatic heterocycles. The molecule has 1 atom stereocenters. The van der Waals surface area contributed by atoms with Crippen LogP contribution < -0.4 is 10.1 Å². The first-order chi connectivity index (χ1) is 11.8. The van der Waals surface area contributed by atoms with Crippen molar-refractivity contribution in [3.8, 4) is 5.75 Å². The SMILES string of the molecule is O=C(NCCc1c[nH]c2ccc(OC3C=CCCC3)cc12)C1CC1. The Labute approximate surface area is 142 Å². The standard InChI is InChI=1S/C20H24N2O2/c23-20(14-6-7-14)21-11-10-15-13-22-19-9-8-17(12-18(15)19)24-16-4-2-1-3-5-16/h2,4,8-9,12-14,16,22H,1,3,5-7,10-11H2,(H,21,23). The van der Waals surface area contributed by atoms with Crippen molar-refractivity contribution >= 4 is 16.8 Å². The van der Waals surface area contributed by atoms with E-state index in [0.29, 0.717) is 6.54 Å². The van der Waals surface area contributed by atoms with Crippen molar-refractivity contribution in [1.29, 1.82) is 0 Å². The fourth-order valence-electron chi connectivity index (χ4n) is 3.30. The summed E-state index contributed by atoms with van der Waals surface area (Å²) in [4.78, 5) is 15.0. The van der Waals surface area contributed by atoms with Crippen molar-refractivity contribution < 1.29 is 9.53 Å². The molecule has 4 nitrogen and oxygen atoms in total. The third-order valence-electron chi connectivity index (χ3n) is 4.88. The van der Waals surface area contributed by atoms with Gasteiger partial charge in [-0.2, -0.15) is 0 Å². The molecular formula is C20H24N2O2. The fraction of sp³-hybridized carbons (Fsp3) is 0.450. The maximum absolute atomic E-state index is 11.7. The minimum Gasteiger partial charge on any atom is -0.486 e. The summed E-state index contributed by atoms with van der Waals surface area (Å²) in [5.74, 6) is 1.40. The smallest absolute Gasteiger partial charge is 0.223 e. The number of carbonyl (C=O) groups is 1. The van der Waals surface area contributed by atoms with Gasteiger partial charge in [0, 0.05) is 29.6 Å². The highest BCUT2D eigenvalue weighted by Gasteiger charge is 2.29. The highest BCUT2D eigenvalue weighted by molar-refractivity contribution is 5.85. The largest absolute Gasteiger partial charge is 0.486 e. The van der Waals surface area contributed by atoms with Crippen molar-refractivity contribution in [2.24, 2.45) is 5.92 Å². The number of rotatable bonds is 6. The molecule has 1 unspecified atom stereocenters. The molecule has 4 rings (SSSR count). The molecule has 1 fully saturated rings. The molecule has 4 heteroatoms. The first-order valence-electron chi connectivity index (χ1n) is 9.00. The van der Waals surface area contributed by atoms with Crippen molar-refractivity contribution in [1.82, 2.24) is 10.3 Å². The third-order valence-corrected chi connectivity index (χ3v) is 4.88. The van der Waals surface area contributed by atoms with Crippen molar-refractivity contribution in [2.45, 2.75) is 44.6 Å². The summed E-state index contributed by atoms with van der Waals surface area (Å²) in [5.41, 5.74) is 2.34. The number of aromatic amines is 1. The molecule has 2 aliphatic rings. The van der Waals surface area contributed by atoms with Gasteiger partial charge in [-0.1, -0.05) is 6.08 Å². The maximum Gasteiger partial charge on any atom is 0.223 e. The summed E-state index contributed by atoms with van der Waals surface area (Å²) in [6.45, 7) is 0.693. The Morgan fingerprint density at radius 2 is 2.21 bits per heavy atom. The Kier molecular flexibility index (Phi) is 4.28. The van der Waals surface area contributed by atoms with Crippen LogP contribution in [0.25, 0.3) is 10.9 Å². The number of nitrogens with one attached hydrogen (secondary N) is 2. The van der Waals surface area contributed by atoms with E-state index in [1.807, 2.05) is 12.3 Å². The van der Waals surface area contributed by atoms with Crippen LogP contribution >= 0.6 is 0 Å². The zero-order chi connectivity index (χ0) is 16.4. The summed E-state index contributed by atoms with van der Waals surface area (Å²) >= 11 is 0. The molecule has 1 amide bonds.